The molecule has 0 bridgehead atoms. The van der Waals surface area contributed by atoms with Gasteiger partial charge in [-0.05, 0) is 51.0 Å². The summed E-state index contributed by atoms with van der Waals surface area (Å²) in [6, 6.07) is 0.811. The Balaban J connectivity index is 1.65. The molecule has 3 aliphatic rings. The Bertz CT molecular complexity index is 217. The summed E-state index contributed by atoms with van der Waals surface area (Å²) >= 11 is 0. The van der Waals surface area contributed by atoms with Crippen LogP contribution in [0.25, 0.3) is 0 Å². The van der Waals surface area contributed by atoms with E-state index in [1.807, 2.05) is 0 Å². The van der Waals surface area contributed by atoms with E-state index < -0.39 is 0 Å². The molecule has 1 N–H and O–H groups in total. The van der Waals surface area contributed by atoms with Gasteiger partial charge in [-0.25, -0.2) is 0 Å². The van der Waals surface area contributed by atoms with Gasteiger partial charge in [0.25, 0.3) is 0 Å². The first-order valence-corrected chi connectivity index (χ1v) is 6.75. The monoisotopic (exact) mass is 209 g/mol. The lowest BCUT2D eigenvalue weighted by atomic mass is 9.80. The van der Waals surface area contributed by atoms with E-state index in [0.29, 0.717) is 5.60 Å². The molecule has 3 fully saturated rings. The van der Waals surface area contributed by atoms with Gasteiger partial charge in [0.05, 0.1) is 5.60 Å². The van der Waals surface area contributed by atoms with Crippen molar-refractivity contribution in [1.82, 2.24) is 5.32 Å². The van der Waals surface area contributed by atoms with E-state index in [1.54, 1.807) is 0 Å². The van der Waals surface area contributed by atoms with Crippen LogP contribution in [0.2, 0.25) is 0 Å². The predicted octanol–water partition coefficient (Wildman–Crippen LogP) is 2.48. The molecule has 1 aliphatic carbocycles. The number of hydrogen-bond donors (Lipinski definition) is 1. The summed E-state index contributed by atoms with van der Waals surface area (Å²) in [6.07, 6.45) is 10.9. The lowest BCUT2D eigenvalue weighted by Gasteiger charge is -2.40. The van der Waals surface area contributed by atoms with Gasteiger partial charge < -0.3 is 10.1 Å². The zero-order chi connectivity index (χ0) is 10.1. The minimum Gasteiger partial charge on any atom is -0.375 e. The zero-order valence-electron chi connectivity index (χ0n) is 9.63. The summed E-state index contributed by atoms with van der Waals surface area (Å²) in [4.78, 5) is 0. The maximum absolute atomic E-state index is 6.09. The molecule has 86 valence electrons. The largest absolute Gasteiger partial charge is 0.375 e. The molecular weight excluding hydrogens is 186 g/mol. The van der Waals surface area contributed by atoms with Crippen LogP contribution in [-0.2, 0) is 4.74 Å². The second kappa shape index (κ2) is 4.06. The van der Waals surface area contributed by atoms with Crippen molar-refractivity contribution >= 4 is 0 Å². The highest BCUT2D eigenvalue weighted by molar-refractivity contribution is 4.95. The van der Waals surface area contributed by atoms with Crippen LogP contribution in [0.5, 0.6) is 0 Å². The van der Waals surface area contributed by atoms with Gasteiger partial charge >= 0.3 is 0 Å². The molecule has 0 aromatic heterocycles. The fraction of sp³-hybridized carbons (Fsp3) is 1.00. The van der Waals surface area contributed by atoms with Crippen LogP contribution in [0.1, 0.15) is 51.4 Å². The molecule has 2 saturated heterocycles. The molecule has 15 heavy (non-hydrogen) atoms. The Hall–Kier alpha value is -0.0800. The Morgan fingerprint density at radius 3 is 2.67 bits per heavy atom. The van der Waals surface area contributed by atoms with E-state index in [9.17, 15) is 0 Å². The van der Waals surface area contributed by atoms with E-state index in [1.165, 1.54) is 57.9 Å². The van der Waals surface area contributed by atoms with Crippen molar-refractivity contribution in [3.05, 3.63) is 0 Å². The molecule has 0 aromatic carbocycles. The lowest BCUT2D eigenvalue weighted by molar-refractivity contribution is -0.0970. The highest BCUT2D eigenvalue weighted by Gasteiger charge is 2.42. The molecular formula is C13H23NO. The molecule has 2 nitrogen and oxygen atoms in total. The maximum Gasteiger partial charge on any atom is 0.0685 e. The van der Waals surface area contributed by atoms with Crippen molar-refractivity contribution < 1.29 is 4.74 Å². The summed E-state index contributed by atoms with van der Waals surface area (Å²) in [6.45, 7) is 2.26. The maximum atomic E-state index is 6.09. The second-order valence-corrected chi connectivity index (χ2v) is 5.69. The Morgan fingerprint density at radius 2 is 1.93 bits per heavy atom. The standard InChI is InChI=1S/C13H23NO/c1-2-7-13(6-1)10-11(5-9-15-13)12-4-3-8-14-12/h11-12,14H,1-10H2. The van der Waals surface area contributed by atoms with Crippen molar-refractivity contribution in [3.8, 4) is 0 Å². The molecule has 0 aromatic rings. The third-order valence-corrected chi connectivity index (χ3v) is 4.71. The molecule has 2 aliphatic heterocycles. The predicted molar refractivity (Wildman–Crippen MR) is 60.9 cm³/mol. The van der Waals surface area contributed by atoms with Crippen LogP contribution in [-0.4, -0.2) is 24.8 Å². The fourth-order valence-corrected chi connectivity index (χ4v) is 3.89. The fourth-order valence-electron chi connectivity index (χ4n) is 3.89. The van der Waals surface area contributed by atoms with E-state index in [2.05, 4.69) is 5.32 Å². The second-order valence-electron chi connectivity index (χ2n) is 5.69. The van der Waals surface area contributed by atoms with Crippen molar-refractivity contribution in [1.29, 1.82) is 0 Å². The van der Waals surface area contributed by atoms with Crippen LogP contribution in [0.4, 0.5) is 0 Å². The van der Waals surface area contributed by atoms with Gasteiger partial charge in [0.1, 0.15) is 0 Å². The smallest absolute Gasteiger partial charge is 0.0685 e. The van der Waals surface area contributed by atoms with E-state index in [0.717, 1.165) is 18.6 Å². The topological polar surface area (TPSA) is 21.3 Å². The average molecular weight is 209 g/mol. The third kappa shape index (κ3) is 1.94. The van der Waals surface area contributed by atoms with Gasteiger partial charge in [0, 0.05) is 12.6 Å². The van der Waals surface area contributed by atoms with Crippen LogP contribution in [0.15, 0.2) is 0 Å². The van der Waals surface area contributed by atoms with Crippen LogP contribution >= 0.6 is 0 Å². The molecule has 1 saturated carbocycles. The van der Waals surface area contributed by atoms with Crippen molar-refractivity contribution in [2.45, 2.75) is 63.0 Å². The molecule has 2 heterocycles. The highest BCUT2D eigenvalue weighted by Crippen LogP contribution is 2.43. The van der Waals surface area contributed by atoms with Crippen molar-refractivity contribution in [3.63, 3.8) is 0 Å². The van der Waals surface area contributed by atoms with E-state index >= 15 is 0 Å². The Kier molecular flexibility index (Phi) is 2.73. The molecule has 0 amide bonds. The average Bonchev–Trinajstić information content (AvgIpc) is 2.89. The molecule has 2 atom stereocenters. The molecule has 1 spiro atoms. The summed E-state index contributed by atoms with van der Waals surface area (Å²) < 4.78 is 6.09. The number of hydrogen-bond acceptors (Lipinski definition) is 2. The SMILES string of the molecule is C1CNC(C2CCOC3(CCCC3)C2)C1. The summed E-state index contributed by atoms with van der Waals surface area (Å²) in [5.41, 5.74) is 0.313. The minimum atomic E-state index is 0.313. The van der Waals surface area contributed by atoms with Crippen LogP contribution < -0.4 is 5.32 Å². The Labute approximate surface area is 92.8 Å². The van der Waals surface area contributed by atoms with Crippen molar-refractivity contribution in [2.75, 3.05) is 13.2 Å². The highest BCUT2D eigenvalue weighted by atomic mass is 16.5. The summed E-state index contributed by atoms with van der Waals surface area (Å²) in [5.74, 6) is 0.902. The zero-order valence-corrected chi connectivity index (χ0v) is 9.63. The number of rotatable bonds is 1. The number of ether oxygens (including phenoxy) is 1. The van der Waals surface area contributed by atoms with Gasteiger partial charge in [-0.2, -0.15) is 0 Å². The summed E-state index contributed by atoms with van der Waals surface area (Å²) in [5, 5.41) is 3.68. The first kappa shape index (κ1) is 10.1. The van der Waals surface area contributed by atoms with Crippen LogP contribution in [0, 0.1) is 5.92 Å². The molecule has 0 radical (unpaired) electrons. The minimum absolute atomic E-state index is 0.313. The normalized spacial score (nSPS) is 40.0. The summed E-state index contributed by atoms with van der Waals surface area (Å²) in [7, 11) is 0. The van der Waals surface area contributed by atoms with Crippen LogP contribution in [0.3, 0.4) is 0 Å². The first-order valence-electron chi connectivity index (χ1n) is 6.75. The first-order chi connectivity index (χ1) is 7.38. The van der Waals surface area contributed by atoms with Gasteiger partial charge in [-0.1, -0.05) is 12.8 Å². The molecule has 2 unspecified atom stereocenters. The van der Waals surface area contributed by atoms with Gasteiger partial charge in [0.15, 0.2) is 0 Å². The van der Waals surface area contributed by atoms with Gasteiger partial charge in [-0.3, -0.25) is 0 Å². The quantitative estimate of drug-likeness (QED) is 0.716. The van der Waals surface area contributed by atoms with E-state index in [4.69, 9.17) is 4.74 Å². The Morgan fingerprint density at radius 1 is 1.07 bits per heavy atom. The third-order valence-electron chi connectivity index (χ3n) is 4.71. The number of nitrogens with one attached hydrogen (secondary N) is 1. The van der Waals surface area contributed by atoms with Gasteiger partial charge in [0.2, 0.25) is 0 Å². The molecule has 3 rings (SSSR count). The molecule has 2 heteroatoms. The van der Waals surface area contributed by atoms with Gasteiger partial charge in [-0.15, -0.1) is 0 Å². The van der Waals surface area contributed by atoms with E-state index in [-0.39, 0.29) is 0 Å². The lowest BCUT2D eigenvalue weighted by Crippen LogP contribution is -2.43. The van der Waals surface area contributed by atoms with Crippen molar-refractivity contribution in [2.24, 2.45) is 5.92 Å².